The standard InChI is InChI=1S/C30H24ClN3O5S2/c1-16-4-5-17(2)22(14-16)25(35)23-24(19-8-10-20(11-9-19)28(38)39-3)34(27(37)26(23)36)29-32-33-30(41-29)40-15-18-6-12-21(31)13-7-18/h4-14,24,35H,15H2,1-3H3/b25-23+. The number of rotatable bonds is 7. The molecule has 3 aromatic carbocycles. The number of benzene rings is 3. The van der Waals surface area contributed by atoms with E-state index in [9.17, 15) is 19.5 Å². The van der Waals surface area contributed by atoms with Crippen molar-refractivity contribution < 1.29 is 24.2 Å². The number of amides is 1. The molecular weight excluding hydrogens is 582 g/mol. The third kappa shape index (κ3) is 5.76. The molecule has 8 nitrogen and oxygen atoms in total. The van der Waals surface area contributed by atoms with Gasteiger partial charge < -0.3 is 9.84 Å². The average Bonchev–Trinajstić information content (AvgIpc) is 3.55. The molecular formula is C30H24ClN3O5S2. The summed E-state index contributed by atoms with van der Waals surface area (Å²) in [4.78, 5) is 40.3. The van der Waals surface area contributed by atoms with Crippen LogP contribution in [-0.4, -0.2) is 40.1 Å². The van der Waals surface area contributed by atoms with E-state index in [2.05, 4.69) is 10.2 Å². The van der Waals surface area contributed by atoms with Gasteiger partial charge in [-0.3, -0.25) is 14.5 Å². The maximum atomic E-state index is 13.5. The Morgan fingerprint density at radius 2 is 1.76 bits per heavy atom. The lowest BCUT2D eigenvalue weighted by atomic mass is 9.93. The molecule has 5 rings (SSSR count). The Morgan fingerprint density at radius 1 is 1.05 bits per heavy atom. The van der Waals surface area contributed by atoms with Gasteiger partial charge in [-0.25, -0.2) is 4.79 Å². The number of ether oxygens (including phenoxy) is 1. The van der Waals surface area contributed by atoms with Crippen LogP contribution in [0.15, 0.2) is 76.6 Å². The Balaban J connectivity index is 1.57. The fraction of sp³-hybridized carbons (Fsp3) is 0.167. The second-order valence-electron chi connectivity index (χ2n) is 9.37. The number of Topliss-reactive ketones (excluding diaryl/α,β-unsaturated/α-hetero) is 1. The SMILES string of the molecule is COC(=O)c1ccc(C2/C(=C(\O)c3cc(C)ccc3C)C(=O)C(=O)N2c2nnc(SCc3ccc(Cl)cc3)s2)cc1. The van der Waals surface area contributed by atoms with Crippen molar-refractivity contribution in [3.05, 3.63) is 111 Å². The smallest absolute Gasteiger partial charge is 0.337 e. The number of hydrogen-bond donors (Lipinski definition) is 1. The van der Waals surface area contributed by atoms with E-state index in [0.717, 1.165) is 16.7 Å². The number of esters is 1. The van der Waals surface area contributed by atoms with E-state index in [1.165, 1.54) is 35.1 Å². The van der Waals surface area contributed by atoms with Crippen LogP contribution >= 0.6 is 34.7 Å². The van der Waals surface area contributed by atoms with E-state index in [-0.39, 0.29) is 16.5 Å². The Morgan fingerprint density at radius 3 is 2.44 bits per heavy atom. The van der Waals surface area contributed by atoms with E-state index in [1.54, 1.807) is 30.3 Å². The normalized spacial score (nSPS) is 16.3. The van der Waals surface area contributed by atoms with Crippen molar-refractivity contribution in [1.82, 2.24) is 10.2 Å². The van der Waals surface area contributed by atoms with Gasteiger partial charge in [0.2, 0.25) is 5.13 Å². The molecule has 41 heavy (non-hydrogen) atoms. The summed E-state index contributed by atoms with van der Waals surface area (Å²) in [6.07, 6.45) is 0. The minimum atomic E-state index is -0.997. The molecule has 0 radical (unpaired) electrons. The summed E-state index contributed by atoms with van der Waals surface area (Å²) in [6, 6.07) is 18.3. The highest BCUT2D eigenvalue weighted by atomic mass is 35.5. The number of methoxy groups -OCH3 is 1. The van der Waals surface area contributed by atoms with Crippen molar-refractivity contribution in [2.75, 3.05) is 12.0 Å². The van der Waals surface area contributed by atoms with Crippen LogP contribution < -0.4 is 4.90 Å². The maximum absolute atomic E-state index is 13.5. The molecule has 1 fully saturated rings. The van der Waals surface area contributed by atoms with Crippen molar-refractivity contribution in [3.8, 4) is 0 Å². The topological polar surface area (TPSA) is 110 Å². The molecule has 1 aliphatic heterocycles. The average molecular weight is 606 g/mol. The number of carbonyl (C=O) groups is 3. The van der Waals surface area contributed by atoms with Crippen LogP contribution in [0.2, 0.25) is 5.02 Å². The summed E-state index contributed by atoms with van der Waals surface area (Å²) in [5.74, 6) is -1.86. The van der Waals surface area contributed by atoms with Crippen LogP contribution in [0, 0.1) is 13.8 Å². The van der Waals surface area contributed by atoms with E-state index in [4.69, 9.17) is 16.3 Å². The first-order valence-corrected chi connectivity index (χ1v) is 14.6. The number of anilines is 1. The Kier molecular flexibility index (Phi) is 8.25. The molecule has 1 atom stereocenters. The Bertz CT molecular complexity index is 1680. The first kappa shape index (κ1) is 28.5. The first-order valence-electron chi connectivity index (χ1n) is 12.5. The van der Waals surface area contributed by atoms with Crippen molar-refractivity contribution >= 4 is 63.3 Å². The summed E-state index contributed by atoms with van der Waals surface area (Å²) < 4.78 is 5.40. The second kappa shape index (κ2) is 11.9. The fourth-order valence-corrected chi connectivity index (χ4v) is 6.43. The number of aryl methyl sites for hydroxylation is 2. The van der Waals surface area contributed by atoms with Gasteiger partial charge in [-0.1, -0.05) is 76.7 Å². The largest absolute Gasteiger partial charge is 0.507 e. The fourth-order valence-electron chi connectivity index (χ4n) is 4.48. The van der Waals surface area contributed by atoms with E-state index in [1.807, 2.05) is 50.2 Å². The third-order valence-electron chi connectivity index (χ3n) is 6.62. The van der Waals surface area contributed by atoms with E-state index >= 15 is 0 Å². The molecule has 0 bridgehead atoms. The van der Waals surface area contributed by atoms with E-state index < -0.39 is 23.7 Å². The molecule has 0 saturated carbocycles. The molecule has 1 aromatic heterocycles. The molecule has 1 aliphatic rings. The summed E-state index contributed by atoms with van der Waals surface area (Å²) >= 11 is 8.59. The second-order valence-corrected chi connectivity index (χ2v) is 12.0. The third-order valence-corrected chi connectivity index (χ3v) is 9.00. The van der Waals surface area contributed by atoms with Gasteiger partial charge in [-0.15, -0.1) is 10.2 Å². The monoisotopic (exact) mass is 605 g/mol. The molecule has 4 aromatic rings. The minimum Gasteiger partial charge on any atom is -0.507 e. The van der Waals surface area contributed by atoms with Gasteiger partial charge in [0, 0.05) is 16.3 Å². The van der Waals surface area contributed by atoms with E-state index in [0.29, 0.717) is 31.8 Å². The number of aromatic nitrogens is 2. The van der Waals surface area contributed by atoms with Crippen LogP contribution in [0.25, 0.3) is 5.76 Å². The number of nitrogens with zero attached hydrogens (tertiary/aromatic N) is 3. The van der Waals surface area contributed by atoms with Crippen LogP contribution in [0.3, 0.4) is 0 Å². The lowest BCUT2D eigenvalue weighted by molar-refractivity contribution is -0.132. The van der Waals surface area contributed by atoms with Crippen LogP contribution in [-0.2, 0) is 20.1 Å². The number of ketones is 1. The Labute approximate surface area is 249 Å². The van der Waals surface area contributed by atoms with Crippen LogP contribution in [0.1, 0.15) is 44.2 Å². The highest BCUT2D eigenvalue weighted by molar-refractivity contribution is 8.00. The number of aliphatic hydroxyl groups excluding tert-OH is 1. The lowest BCUT2D eigenvalue weighted by Gasteiger charge is -2.23. The molecule has 0 spiro atoms. The first-order chi connectivity index (χ1) is 19.7. The highest BCUT2D eigenvalue weighted by Gasteiger charge is 2.48. The van der Waals surface area contributed by atoms with Gasteiger partial charge in [-0.05, 0) is 60.9 Å². The van der Waals surface area contributed by atoms with Crippen molar-refractivity contribution in [1.29, 1.82) is 0 Å². The van der Waals surface area contributed by atoms with Crippen molar-refractivity contribution in [2.45, 2.75) is 30.0 Å². The maximum Gasteiger partial charge on any atom is 0.337 e. The van der Waals surface area contributed by atoms with Crippen molar-refractivity contribution in [3.63, 3.8) is 0 Å². The predicted molar refractivity (Wildman–Crippen MR) is 159 cm³/mol. The number of thioether (sulfide) groups is 1. The highest BCUT2D eigenvalue weighted by Crippen LogP contribution is 2.44. The van der Waals surface area contributed by atoms with Crippen molar-refractivity contribution in [2.24, 2.45) is 0 Å². The zero-order chi connectivity index (χ0) is 29.3. The number of hydrogen-bond acceptors (Lipinski definition) is 9. The molecule has 1 saturated heterocycles. The molecule has 1 unspecified atom stereocenters. The number of aliphatic hydroxyl groups is 1. The molecule has 11 heteroatoms. The molecule has 1 N–H and O–H groups in total. The zero-order valence-corrected chi connectivity index (χ0v) is 24.6. The summed E-state index contributed by atoms with van der Waals surface area (Å²) in [6.45, 7) is 3.70. The van der Waals surface area contributed by atoms with Crippen LogP contribution in [0.5, 0.6) is 0 Å². The Hall–Kier alpha value is -3.99. The zero-order valence-electron chi connectivity index (χ0n) is 22.3. The van der Waals surface area contributed by atoms with Gasteiger partial charge in [0.25, 0.3) is 5.78 Å². The quantitative estimate of drug-likeness (QED) is 0.0634. The summed E-state index contributed by atoms with van der Waals surface area (Å²) in [7, 11) is 1.29. The minimum absolute atomic E-state index is 0.0694. The summed E-state index contributed by atoms with van der Waals surface area (Å²) in [5, 5.41) is 20.8. The van der Waals surface area contributed by atoms with Crippen LogP contribution in [0.4, 0.5) is 5.13 Å². The van der Waals surface area contributed by atoms with Gasteiger partial charge in [0.05, 0.1) is 24.3 Å². The van der Waals surface area contributed by atoms with Gasteiger partial charge in [0.1, 0.15) is 5.76 Å². The number of carbonyl (C=O) groups excluding carboxylic acids is 3. The lowest BCUT2D eigenvalue weighted by Crippen LogP contribution is -2.29. The molecule has 0 aliphatic carbocycles. The predicted octanol–water partition coefficient (Wildman–Crippen LogP) is 6.51. The number of halogens is 1. The van der Waals surface area contributed by atoms with Gasteiger partial charge in [-0.2, -0.15) is 0 Å². The molecule has 1 amide bonds. The van der Waals surface area contributed by atoms with Gasteiger partial charge in [0.15, 0.2) is 4.34 Å². The molecule has 208 valence electrons. The summed E-state index contributed by atoms with van der Waals surface area (Å²) in [5.41, 5.74) is 3.87. The molecule has 2 heterocycles. The van der Waals surface area contributed by atoms with Gasteiger partial charge >= 0.3 is 11.9 Å².